The van der Waals surface area contributed by atoms with Crippen LogP contribution in [0.15, 0.2) is 18.2 Å². The number of hydrogen-bond acceptors (Lipinski definition) is 3. The van der Waals surface area contributed by atoms with E-state index in [0.29, 0.717) is 11.1 Å². The van der Waals surface area contributed by atoms with Crippen molar-refractivity contribution in [1.82, 2.24) is 10.3 Å². The molecule has 1 heterocycles. The fourth-order valence-electron chi connectivity index (χ4n) is 2.66. The number of fused-ring (bicyclic) bond motifs is 1. The number of rotatable bonds is 3. The number of benzene rings is 1. The number of aromatic nitrogens is 1. The minimum Gasteiger partial charge on any atom is -0.309 e. The highest BCUT2D eigenvalue weighted by Crippen LogP contribution is 2.38. The molecule has 3 rings (SSSR count). The van der Waals surface area contributed by atoms with Crippen LogP contribution in [0.4, 0.5) is 4.39 Å². The van der Waals surface area contributed by atoms with E-state index in [4.69, 9.17) is 11.6 Å². The summed E-state index contributed by atoms with van der Waals surface area (Å²) in [6.45, 7) is 3.06. The minimum atomic E-state index is -0.316. The van der Waals surface area contributed by atoms with E-state index in [-0.39, 0.29) is 5.82 Å². The molecule has 106 valence electrons. The third kappa shape index (κ3) is 2.73. The molecular formula is C15H16ClFN2S. The van der Waals surface area contributed by atoms with Gasteiger partial charge in [0.15, 0.2) is 0 Å². The van der Waals surface area contributed by atoms with Gasteiger partial charge in [0.05, 0.1) is 5.69 Å². The highest BCUT2D eigenvalue weighted by atomic mass is 35.5. The van der Waals surface area contributed by atoms with Crippen LogP contribution in [0.2, 0.25) is 5.02 Å². The number of halogens is 2. The summed E-state index contributed by atoms with van der Waals surface area (Å²) in [6.07, 6.45) is 3.31. The van der Waals surface area contributed by atoms with E-state index >= 15 is 0 Å². The molecule has 0 bridgehead atoms. The monoisotopic (exact) mass is 310 g/mol. The topological polar surface area (TPSA) is 24.9 Å². The fraction of sp³-hybridized carbons (Fsp3) is 0.400. The maximum Gasteiger partial charge on any atom is 0.125 e. The molecule has 5 heteroatoms. The van der Waals surface area contributed by atoms with Crippen molar-refractivity contribution in [2.24, 2.45) is 0 Å². The SMILES string of the molecule is CCNC1CCCc2nc(-c3cc(F)cc(Cl)c3)sc21. The predicted molar refractivity (Wildman–Crippen MR) is 81.9 cm³/mol. The molecule has 1 atom stereocenters. The Morgan fingerprint density at radius 2 is 2.30 bits per heavy atom. The van der Waals surface area contributed by atoms with E-state index in [1.807, 2.05) is 0 Å². The standard InChI is InChI=1S/C15H16ClFN2S/c1-2-18-12-4-3-5-13-14(12)20-15(19-13)9-6-10(16)8-11(17)7-9/h6-8,12,18H,2-5H2,1H3. The summed E-state index contributed by atoms with van der Waals surface area (Å²) in [5.74, 6) is -0.316. The normalized spacial score (nSPS) is 18.1. The van der Waals surface area contributed by atoms with Crippen molar-refractivity contribution >= 4 is 22.9 Å². The molecule has 2 aromatic rings. The molecule has 1 aliphatic carbocycles. The van der Waals surface area contributed by atoms with Crippen LogP contribution < -0.4 is 5.32 Å². The molecule has 1 aromatic carbocycles. The maximum atomic E-state index is 13.5. The van der Waals surface area contributed by atoms with Gasteiger partial charge < -0.3 is 5.32 Å². The van der Waals surface area contributed by atoms with Gasteiger partial charge in [-0.25, -0.2) is 9.37 Å². The zero-order valence-corrected chi connectivity index (χ0v) is 12.8. The highest BCUT2D eigenvalue weighted by molar-refractivity contribution is 7.15. The van der Waals surface area contributed by atoms with Gasteiger partial charge in [0.2, 0.25) is 0 Å². The van der Waals surface area contributed by atoms with E-state index in [1.54, 1.807) is 17.4 Å². The molecule has 1 aromatic heterocycles. The summed E-state index contributed by atoms with van der Waals surface area (Å²) in [6, 6.07) is 4.98. The second-order valence-corrected chi connectivity index (χ2v) is 6.46. The van der Waals surface area contributed by atoms with Crippen LogP contribution >= 0.6 is 22.9 Å². The van der Waals surface area contributed by atoms with Crippen LogP contribution in [0.3, 0.4) is 0 Å². The van der Waals surface area contributed by atoms with E-state index in [0.717, 1.165) is 42.1 Å². The van der Waals surface area contributed by atoms with Crippen molar-refractivity contribution < 1.29 is 4.39 Å². The van der Waals surface area contributed by atoms with Crippen LogP contribution in [0.5, 0.6) is 0 Å². The van der Waals surface area contributed by atoms with Crippen LogP contribution in [0, 0.1) is 5.82 Å². The average Bonchev–Trinajstić information content (AvgIpc) is 2.83. The van der Waals surface area contributed by atoms with Crippen molar-refractivity contribution in [3.8, 4) is 10.6 Å². The smallest absolute Gasteiger partial charge is 0.125 e. The van der Waals surface area contributed by atoms with Crippen molar-refractivity contribution in [2.45, 2.75) is 32.2 Å². The molecule has 0 fully saturated rings. The molecule has 1 aliphatic rings. The predicted octanol–water partition coefficient (Wildman–Crippen LogP) is 4.59. The summed E-state index contributed by atoms with van der Waals surface area (Å²) in [5.41, 5.74) is 1.92. The average molecular weight is 311 g/mol. The quantitative estimate of drug-likeness (QED) is 0.897. The van der Waals surface area contributed by atoms with Crippen molar-refractivity contribution in [2.75, 3.05) is 6.54 Å². The lowest BCUT2D eigenvalue weighted by atomic mass is 9.98. The zero-order valence-electron chi connectivity index (χ0n) is 11.2. The molecule has 1 unspecified atom stereocenters. The molecule has 0 saturated heterocycles. The first kappa shape index (κ1) is 14.0. The molecule has 0 spiro atoms. The van der Waals surface area contributed by atoms with Gasteiger partial charge in [-0.15, -0.1) is 11.3 Å². The Morgan fingerprint density at radius 1 is 1.45 bits per heavy atom. The Morgan fingerprint density at radius 3 is 3.05 bits per heavy atom. The second-order valence-electron chi connectivity index (χ2n) is 4.99. The van der Waals surface area contributed by atoms with Gasteiger partial charge in [-0.1, -0.05) is 18.5 Å². The first-order valence-corrected chi connectivity index (χ1v) is 8.06. The van der Waals surface area contributed by atoms with Crippen molar-refractivity contribution in [3.63, 3.8) is 0 Å². The first-order chi connectivity index (χ1) is 9.67. The number of nitrogens with zero attached hydrogens (tertiary/aromatic N) is 1. The van der Waals surface area contributed by atoms with Gasteiger partial charge in [0.25, 0.3) is 0 Å². The lowest BCUT2D eigenvalue weighted by Crippen LogP contribution is -2.23. The molecule has 20 heavy (non-hydrogen) atoms. The Kier molecular flexibility index (Phi) is 4.06. The van der Waals surface area contributed by atoms with E-state index in [1.165, 1.54) is 17.0 Å². The fourth-order valence-corrected chi connectivity index (χ4v) is 4.09. The highest BCUT2D eigenvalue weighted by Gasteiger charge is 2.24. The van der Waals surface area contributed by atoms with Gasteiger partial charge in [0.1, 0.15) is 10.8 Å². The Balaban J connectivity index is 2.00. The summed E-state index contributed by atoms with van der Waals surface area (Å²) < 4.78 is 13.5. The van der Waals surface area contributed by atoms with Crippen molar-refractivity contribution in [3.05, 3.63) is 39.6 Å². The first-order valence-electron chi connectivity index (χ1n) is 6.87. The van der Waals surface area contributed by atoms with Gasteiger partial charge in [-0.2, -0.15) is 0 Å². The molecule has 0 aliphatic heterocycles. The van der Waals surface area contributed by atoms with Gasteiger partial charge in [-0.05, 0) is 44.0 Å². The molecule has 0 amide bonds. The van der Waals surface area contributed by atoms with Crippen LogP contribution in [0.1, 0.15) is 36.4 Å². The number of thiazole rings is 1. The van der Waals surface area contributed by atoms with Gasteiger partial charge in [-0.3, -0.25) is 0 Å². The molecule has 0 radical (unpaired) electrons. The lowest BCUT2D eigenvalue weighted by Gasteiger charge is -2.21. The molecule has 0 saturated carbocycles. The van der Waals surface area contributed by atoms with E-state index in [9.17, 15) is 4.39 Å². The summed E-state index contributed by atoms with van der Waals surface area (Å²) in [4.78, 5) is 5.99. The zero-order chi connectivity index (χ0) is 14.1. The third-order valence-electron chi connectivity index (χ3n) is 3.51. The number of aryl methyl sites for hydroxylation is 1. The molecular weight excluding hydrogens is 295 g/mol. The van der Waals surface area contributed by atoms with Crippen LogP contribution in [0.25, 0.3) is 10.6 Å². The Labute approximate surface area is 127 Å². The van der Waals surface area contributed by atoms with Crippen LogP contribution in [-0.4, -0.2) is 11.5 Å². The largest absolute Gasteiger partial charge is 0.309 e. The lowest BCUT2D eigenvalue weighted by molar-refractivity contribution is 0.476. The van der Waals surface area contributed by atoms with Gasteiger partial charge in [0, 0.05) is 21.5 Å². The second kappa shape index (κ2) is 5.80. The minimum absolute atomic E-state index is 0.316. The number of nitrogens with one attached hydrogen (secondary N) is 1. The summed E-state index contributed by atoms with van der Waals surface area (Å²) in [7, 11) is 0. The summed E-state index contributed by atoms with van der Waals surface area (Å²) >= 11 is 7.58. The molecule has 2 nitrogen and oxygen atoms in total. The third-order valence-corrected chi connectivity index (χ3v) is 4.99. The Hall–Kier alpha value is -0.970. The van der Waals surface area contributed by atoms with E-state index in [2.05, 4.69) is 17.2 Å². The van der Waals surface area contributed by atoms with Crippen LogP contribution in [-0.2, 0) is 6.42 Å². The molecule has 1 N–H and O–H groups in total. The summed E-state index contributed by atoms with van der Waals surface area (Å²) in [5, 5.41) is 4.77. The van der Waals surface area contributed by atoms with Gasteiger partial charge >= 0.3 is 0 Å². The Bertz CT molecular complexity index is 606. The van der Waals surface area contributed by atoms with E-state index < -0.39 is 0 Å². The maximum absolute atomic E-state index is 13.5. The van der Waals surface area contributed by atoms with Crippen molar-refractivity contribution in [1.29, 1.82) is 0 Å². The number of hydrogen-bond donors (Lipinski definition) is 1.